The fraction of sp³-hybridized carbons (Fsp3) is 0. The summed E-state index contributed by atoms with van der Waals surface area (Å²) >= 11 is 0. The number of aromatic carboxylic acids is 1. The lowest BCUT2D eigenvalue weighted by Crippen LogP contribution is -2.32. The zero-order valence-corrected chi connectivity index (χ0v) is 10.4. The highest BCUT2D eigenvalue weighted by molar-refractivity contribution is 6.66. The summed E-state index contributed by atoms with van der Waals surface area (Å²) in [6, 6.07) is 13.7. The molecule has 0 bridgehead atoms. The van der Waals surface area contributed by atoms with Gasteiger partial charge in [0.1, 0.15) is 0 Å². The summed E-state index contributed by atoms with van der Waals surface area (Å²) in [5, 5.41) is 30.9. The van der Waals surface area contributed by atoms with Gasteiger partial charge in [0.15, 0.2) is 0 Å². The number of fused-ring (bicyclic) bond motifs is 2. The van der Waals surface area contributed by atoms with Crippen LogP contribution in [0.1, 0.15) is 10.4 Å². The number of carboxylic acids is 1. The molecule has 5 heteroatoms. The molecule has 0 spiro atoms. The minimum absolute atomic E-state index is 0.181. The van der Waals surface area contributed by atoms with E-state index in [9.17, 15) is 19.9 Å². The van der Waals surface area contributed by atoms with Gasteiger partial charge in [0.25, 0.3) is 0 Å². The first kappa shape index (κ1) is 12.7. The van der Waals surface area contributed by atoms with Gasteiger partial charge in [-0.2, -0.15) is 0 Å². The Morgan fingerprint density at radius 3 is 1.55 bits per heavy atom. The van der Waals surface area contributed by atoms with Crippen molar-refractivity contribution in [2.24, 2.45) is 0 Å². The Balaban J connectivity index is 2.65. The number of hydrogen-bond acceptors (Lipinski definition) is 3. The Bertz CT molecular complexity index is 770. The van der Waals surface area contributed by atoms with Crippen molar-refractivity contribution < 1.29 is 19.9 Å². The quantitative estimate of drug-likeness (QED) is 0.483. The second kappa shape index (κ2) is 4.63. The molecule has 0 aromatic heterocycles. The average Bonchev–Trinajstić information content (AvgIpc) is 2.43. The Morgan fingerprint density at radius 2 is 1.20 bits per heavy atom. The van der Waals surface area contributed by atoms with Crippen LogP contribution in [0.3, 0.4) is 0 Å². The fourth-order valence-electron chi connectivity index (χ4n) is 2.67. The van der Waals surface area contributed by atoms with Crippen molar-refractivity contribution in [3.8, 4) is 0 Å². The van der Waals surface area contributed by atoms with Gasteiger partial charge in [0, 0.05) is 0 Å². The molecule has 3 N–H and O–H groups in total. The second-order valence-electron chi connectivity index (χ2n) is 4.56. The molecule has 0 unspecified atom stereocenters. The van der Waals surface area contributed by atoms with Crippen molar-refractivity contribution in [2.75, 3.05) is 0 Å². The summed E-state index contributed by atoms with van der Waals surface area (Å²) in [4.78, 5) is 11.6. The predicted molar refractivity (Wildman–Crippen MR) is 78.2 cm³/mol. The number of rotatable bonds is 2. The SMILES string of the molecule is O=C(O)c1c2ccccc2c(B(O)O)c2ccccc12. The predicted octanol–water partition coefficient (Wildman–Crippen LogP) is 1.37. The molecule has 0 saturated carbocycles. The molecule has 0 saturated heterocycles. The monoisotopic (exact) mass is 266 g/mol. The first-order valence-electron chi connectivity index (χ1n) is 6.14. The van der Waals surface area contributed by atoms with E-state index in [2.05, 4.69) is 0 Å². The molecule has 0 aliphatic heterocycles. The van der Waals surface area contributed by atoms with Crippen LogP contribution in [0.5, 0.6) is 0 Å². The summed E-state index contributed by atoms with van der Waals surface area (Å²) in [6.45, 7) is 0. The van der Waals surface area contributed by atoms with Crippen molar-refractivity contribution >= 4 is 40.1 Å². The van der Waals surface area contributed by atoms with Crippen LogP contribution in [-0.4, -0.2) is 28.2 Å². The summed E-state index contributed by atoms with van der Waals surface area (Å²) in [5.74, 6) is -1.03. The Hall–Kier alpha value is -2.37. The van der Waals surface area contributed by atoms with Crippen LogP contribution in [0.15, 0.2) is 48.5 Å². The van der Waals surface area contributed by atoms with Gasteiger partial charge in [0.05, 0.1) is 5.56 Å². The average molecular weight is 266 g/mol. The van der Waals surface area contributed by atoms with Crippen molar-refractivity contribution in [2.45, 2.75) is 0 Å². The first-order valence-corrected chi connectivity index (χ1v) is 6.14. The molecule has 4 nitrogen and oxygen atoms in total. The van der Waals surface area contributed by atoms with Crippen LogP contribution in [0, 0.1) is 0 Å². The van der Waals surface area contributed by atoms with Gasteiger partial charge in [-0.25, -0.2) is 4.79 Å². The number of carboxylic acid groups (broad SMARTS) is 1. The van der Waals surface area contributed by atoms with Crippen molar-refractivity contribution in [1.29, 1.82) is 0 Å². The van der Waals surface area contributed by atoms with E-state index >= 15 is 0 Å². The molecule has 98 valence electrons. The van der Waals surface area contributed by atoms with E-state index in [1.807, 2.05) is 0 Å². The van der Waals surface area contributed by atoms with Crippen LogP contribution in [-0.2, 0) is 0 Å². The van der Waals surface area contributed by atoms with Gasteiger partial charge >= 0.3 is 13.1 Å². The normalized spacial score (nSPS) is 10.9. The third kappa shape index (κ3) is 1.76. The van der Waals surface area contributed by atoms with Crippen molar-refractivity contribution in [3.05, 3.63) is 54.1 Å². The lowest BCUT2D eigenvalue weighted by atomic mass is 9.73. The largest absolute Gasteiger partial charge is 0.489 e. The Kier molecular flexibility index (Phi) is 2.93. The maximum atomic E-state index is 11.6. The van der Waals surface area contributed by atoms with E-state index < -0.39 is 13.1 Å². The second-order valence-corrected chi connectivity index (χ2v) is 4.56. The molecule has 0 aliphatic carbocycles. The zero-order chi connectivity index (χ0) is 14.3. The van der Waals surface area contributed by atoms with Crippen LogP contribution in [0.2, 0.25) is 0 Å². The van der Waals surface area contributed by atoms with Crippen LogP contribution < -0.4 is 5.46 Å². The number of hydrogen-bond donors (Lipinski definition) is 3. The third-order valence-corrected chi connectivity index (χ3v) is 3.45. The molecule has 3 aromatic carbocycles. The first-order chi connectivity index (χ1) is 9.61. The van der Waals surface area contributed by atoms with Crippen LogP contribution in [0.4, 0.5) is 0 Å². The highest BCUT2D eigenvalue weighted by atomic mass is 16.4. The summed E-state index contributed by atoms with van der Waals surface area (Å²) in [5.41, 5.74) is 0.516. The van der Waals surface area contributed by atoms with E-state index in [1.54, 1.807) is 48.5 Å². The molecule has 0 fully saturated rings. The zero-order valence-electron chi connectivity index (χ0n) is 10.4. The highest BCUT2D eigenvalue weighted by Crippen LogP contribution is 2.27. The van der Waals surface area contributed by atoms with Gasteiger partial charge in [-0.3, -0.25) is 0 Å². The minimum Gasteiger partial charge on any atom is -0.478 e. The van der Waals surface area contributed by atoms with E-state index in [0.29, 0.717) is 27.0 Å². The summed E-state index contributed by atoms with van der Waals surface area (Å²) < 4.78 is 0. The number of benzene rings is 3. The standard InChI is InChI=1S/C15H11BO4/c17-15(18)13-9-5-1-3-7-11(9)14(16(19)20)12-8-4-2-6-10(12)13/h1-8,19-20H,(H,17,18). The molecule has 0 atom stereocenters. The maximum Gasteiger partial charge on any atom is 0.489 e. The summed E-state index contributed by atoms with van der Waals surface area (Å²) in [6.07, 6.45) is 0. The van der Waals surface area contributed by atoms with E-state index in [1.165, 1.54) is 0 Å². The van der Waals surface area contributed by atoms with Gasteiger partial charge in [-0.05, 0) is 27.0 Å². The molecule has 0 heterocycles. The van der Waals surface area contributed by atoms with Crippen LogP contribution in [0.25, 0.3) is 21.5 Å². The molecular formula is C15H11BO4. The lowest BCUT2D eigenvalue weighted by Gasteiger charge is -2.14. The van der Waals surface area contributed by atoms with Crippen molar-refractivity contribution in [1.82, 2.24) is 0 Å². The van der Waals surface area contributed by atoms with Crippen molar-refractivity contribution in [3.63, 3.8) is 0 Å². The van der Waals surface area contributed by atoms with E-state index in [4.69, 9.17) is 0 Å². The van der Waals surface area contributed by atoms with E-state index in [-0.39, 0.29) is 5.56 Å². The maximum absolute atomic E-state index is 11.6. The smallest absolute Gasteiger partial charge is 0.478 e. The number of carbonyl (C=O) groups is 1. The molecule has 0 radical (unpaired) electrons. The molecule has 3 aromatic rings. The molecule has 3 rings (SSSR count). The molecular weight excluding hydrogens is 255 g/mol. The van der Waals surface area contributed by atoms with E-state index in [0.717, 1.165) is 0 Å². The Labute approximate surface area is 115 Å². The molecule has 0 aliphatic rings. The lowest BCUT2D eigenvalue weighted by molar-refractivity contribution is 0.0701. The summed E-state index contributed by atoms with van der Waals surface area (Å²) in [7, 11) is -1.66. The van der Waals surface area contributed by atoms with Gasteiger partial charge in [-0.15, -0.1) is 0 Å². The Morgan fingerprint density at radius 1 is 0.800 bits per heavy atom. The van der Waals surface area contributed by atoms with Crippen LogP contribution >= 0.6 is 0 Å². The van der Waals surface area contributed by atoms with Gasteiger partial charge in [-0.1, -0.05) is 48.5 Å². The van der Waals surface area contributed by atoms with Gasteiger partial charge < -0.3 is 15.2 Å². The topological polar surface area (TPSA) is 77.8 Å². The highest BCUT2D eigenvalue weighted by Gasteiger charge is 2.23. The minimum atomic E-state index is -1.66. The third-order valence-electron chi connectivity index (χ3n) is 3.45. The fourth-order valence-corrected chi connectivity index (χ4v) is 2.67. The van der Waals surface area contributed by atoms with Gasteiger partial charge in [0.2, 0.25) is 0 Å². The molecule has 0 amide bonds. The molecule has 20 heavy (non-hydrogen) atoms.